The van der Waals surface area contributed by atoms with E-state index in [9.17, 15) is 4.79 Å². The molecule has 26 heavy (non-hydrogen) atoms. The Morgan fingerprint density at radius 3 is 2.62 bits per heavy atom. The highest BCUT2D eigenvalue weighted by Gasteiger charge is 2.15. The quantitative estimate of drug-likeness (QED) is 0.572. The van der Waals surface area contributed by atoms with Crippen molar-refractivity contribution in [3.63, 3.8) is 0 Å². The fourth-order valence-corrected chi connectivity index (χ4v) is 2.96. The lowest BCUT2D eigenvalue weighted by atomic mass is 10.2. The molecular weight excluding hydrogens is 328 g/mol. The normalized spacial score (nSPS) is 11.0. The van der Waals surface area contributed by atoms with Gasteiger partial charge in [-0.25, -0.2) is 9.48 Å². The van der Waals surface area contributed by atoms with Crippen molar-refractivity contribution in [2.75, 3.05) is 0 Å². The molecule has 0 saturated carbocycles. The first-order chi connectivity index (χ1) is 12.6. The van der Waals surface area contributed by atoms with Gasteiger partial charge in [0.05, 0.1) is 16.9 Å². The number of carbonyl (C=O) groups is 1. The van der Waals surface area contributed by atoms with Gasteiger partial charge in [0.2, 0.25) is 0 Å². The molecule has 0 amide bonds. The van der Waals surface area contributed by atoms with E-state index in [0.717, 1.165) is 33.5 Å². The number of aromatic amines is 1. The number of esters is 1. The van der Waals surface area contributed by atoms with Crippen LogP contribution in [0.4, 0.5) is 0 Å². The molecule has 130 valence electrons. The number of nitrogens with zero attached hydrogens (tertiary/aromatic N) is 3. The third kappa shape index (κ3) is 2.97. The number of para-hydroxylation sites is 1. The van der Waals surface area contributed by atoms with Crippen LogP contribution in [0, 0.1) is 13.8 Å². The van der Waals surface area contributed by atoms with Gasteiger partial charge >= 0.3 is 5.97 Å². The van der Waals surface area contributed by atoms with E-state index in [2.05, 4.69) is 15.3 Å². The fraction of sp³-hybridized carbons (Fsp3) is 0.150. The maximum Gasteiger partial charge on any atom is 0.359 e. The number of nitrogens with one attached hydrogen (secondary N) is 1. The second-order valence-electron chi connectivity index (χ2n) is 6.20. The Morgan fingerprint density at radius 2 is 1.88 bits per heavy atom. The van der Waals surface area contributed by atoms with Gasteiger partial charge in [-0.15, -0.1) is 0 Å². The predicted octanol–water partition coefficient (Wildman–Crippen LogP) is 3.72. The molecule has 0 aliphatic carbocycles. The second kappa shape index (κ2) is 6.48. The minimum Gasteiger partial charge on any atom is -0.456 e. The van der Waals surface area contributed by atoms with Gasteiger partial charge in [0, 0.05) is 11.1 Å². The highest BCUT2D eigenvalue weighted by atomic mass is 16.5. The van der Waals surface area contributed by atoms with E-state index in [1.165, 1.54) is 0 Å². The number of aromatic nitrogens is 4. The van der Waals surface area contributed by atoms with E-state index in [1.807, 2.05) is 73.1 Å². The van der Waals surface area contributed by atoms with Crippen LogP contribution in [0.15, 0.2) is 54.6 Å². The molecule has 0 fully saturated rings. The lowest BCUT2D eigenvalue weighted by Gasteiger charge is -2.07. The molecule has 6 heteroatoms. The first-order valence-electron chi connectivity index (χ1n) is 8.34. The molecule has 0 unspecified atom stereocenters. The Balaban J connectivity index is 1.46. The summed E-state index contributed by atoms with van der Waals surface area (Å²) in [5, 5.41) is 12.1. The molecule has 2 heterocycles. The second-order valence-corrected chi connectivity index (χ2v) is 6.20. The summed E-state index contributed by atoms with van der Waals surface area (Å²) in [5.41, 5.74) is 5.06. The maximum absolute atomic E-state index is 12.3. The van der Waals surface area contributed by atoms with Gasteiger partial charge in [0.25, 0.3) is 0 Å². The van der Waals surface area contributed by atoms with E-state index in [1.54, 1.807) is 0 Å². The molecule has 0 bridgehead atoms. The average Bonchev–Trinajstić information content (AvgIpc) is 3.23. The van der Waals surface area contributed by atoms with Gasteiger partial charge in [0.1, 0.15) is 6.61 Å². The van der Waals surface area contributed by atoms with Crippen molar-refractivity contribution in [2.24, 2.45) is 0 Å². The van der Waals surface area contributed by atoms with Gasteiger partial charge in [0.15, 0.2) is 5.69 Å². The third-order valence-corrected chi connectivity index (χ3v) is 4.22. The molecule has 4 rings (SSSR count). The maximum atomic E-state index is 12.3. The van der Waals surface area contributed by atoms with Crippen molar-refractivity contribution in [3.8, 4) is 5.69 Å². The number of carbonyl (C=O) groups excluding carboxylic acids is 1. The Kier molecular flexibility index (Phi) is 4.01. The lowest BCUT2D eigenvalue weighted by Crippen LogP contribution is -2.06. The fourth-order valence-electron chi connectivity index (χ4n) is 2.96. The minimum absolute atomic E-state index is 0.192. The minimum atomic E-state index is -0.440. The number of hydrogen-bond donors (Lipinski definition) is 1. The van der Waals surface area contributed by atoms with Crippen LogP contribution in [-0.2, 0) is 11.3 Å². The first-order valence-corrected chi connectivity index (χ1v) is 8.34. The number of fused-ring (bicyclic) bond motifs is 1. The Hall–Kier alpha value is -3.41. The summed E-state index contributed by atoms with van der Waals surface area (Å²) in [6.07, 6.45) is 0. The van der Waals surface area contributed by atoms with Crippen LogP contribution in [0.25, 0.3) is 16.6 Å². The molecule has 0 aliphatic rings. The van der Waals surface area contributed by atoms with Crippen molar-refractivity contribution in [1.29, 1.82) is 0 Å². The monoisotopic (exact) mass is 346 g/mol. The number of benzene rings is 2. The highest BCUT2D eigenvalue weighted by Crippen LogP contribution is 2.17. The summed E-state index contributed by atoms with van der Waals surface area (Å²) >= 11 is 0. The van der Waals surface area contributed by atoms with Gasteiger partial charge in [-0.3, -0.25) is 5.10 Å². The molecule has 2 aromatic carbocycles. The van der Waals surface area contributed by atoms with Crippen LogP contribution in [0.1, 0.15) is 27.4 Å². The first kappa shape index (κ1) is 16.1. The molecule has 0 aliphatic heterocycles. The van der Waals surface area contributed by atoms with Crippen molar-refractivity contribution < 1.29 is 9.53 Å². The van der Waals surface area contributed by atoms with Gasteiger partial charge in [-0.1, -0.05) is 30.3 Å². The van der Waals surface area contributed by atoms with Crippen LogP contribution in [-0.4, -0.2) is 25.9 Å². The molecular formula is C20H18N4O2. The molecule has 0 spiro atoms. The van der Waals surface area contributed by atoms with Gasteiger partial charge < -0.3 is 4.74 Å². The van der Waals surface area contributed by atoms with Crippen LogP contribution >= 0.6 is 0 Å². The van der Waals surface area contributed by atoms with Crippen LogP contribution in [0.2, 0.25) is 0 Å². The lowest BCUT2D eigenvalue weighted by molar-refractivity contribution is 0.0468. The third-order valence-electron chi connectivity index (χ3n) is 4.22. The molecule has 0 radical (unpaired) electrons. The van der Waals surface area contributed by atoms with Crippen LogP contribution in [0.5, 0.6) is 0 Å². The van der Waals surface area contributed by atoms with E-state index in [-0.39, 0.29) is 6.61 Å². The van der Waals surface area contributed by atoms with Crippen LogP contribution < -0.4 is 0 Å². The molecule has 0 atom stereocenters. The summed E-state index contributed by atoms with van der Waals surface area (Å²) in [6, 6.07) is 17.3. The topological polar surface area (TPSA) is 72.8 Å². The number of H-pyrrole nitrogens is 1. The zero-order chi connectivity index (χ0) is 18.1. The summed E-state index contributed by atoms with van der Waals surface area (Å²) in [6.45, 7) is 4.18. The number of ether oxygens (including phenoxy) is 1. The zero-order valence-electron chi connectivity index (χ0n) is 14.6. The van der Waals surface area contributed by atoms with E-state index < -0.39 is 5.97 Å². The Morgan fingerprint density at radius 1 is 1.12 bits per heavy atom. The highest BCUT2D eigenvalue weighted by molar-refractivity contribution is 6.01. The van der Waals surface area contributed by atoms with Crippen molar-refractivity contribution in [2.45, 2.75) is 20.5 Å². The number of hydrogen-bond acceptors (Lipinski definition) is 4. The largest absolute Gasteiger partial charge is 0.456 e. The predicted molar refractivity (Wildman–Crippen MR) is 98.3 cm³/mol. The standard InChI is InChI=1S/C20H18N4O2/c1-13-11-14(2)24(23-13)16-9-7-15(8-10-16)12-26-20(25)19-17-5-3-4-6-18(17)21-22-19/h3-11H,12H2,1-2H3,(H,21,22). The molecule has 1 N–H and O–H groups in total. The van der Waals surface area contributed by atoms with E-state index in [4.69, 9.17) is 4.74 Å². The summed E-state index contributed by atoms with van der Waals surface area (Å²) in [5.74, 6) is -0.440. The smallest absolute Gasteiger partial charge is 0.359 e. The summed E-state index contributed by atoms with van der Waals surface area (Å²) < 4.78 is 7.30. The average molecular weight is 346 g/mol. The molecule has 6 nitrogen and oxygen atoms in total. The molecule has 2 aromatic heterocycles. The van der Waals surface area contributed by atoms with Gasteiger partial charge in [-0.2, -0.15) is 10.2 Å². The summed E-state index contributed by atoms with van der Waals surface area (Å²) in [7, 11) is 0. The molecule has 0 saturated heterocycles. The number of rotatable bonds is 4. The Bertz CT molecular complexity index is 1080. The Labute approximate surface area is 150 Å². The van der Waals surface area contributed by atoms with Gasteiger partial charge in [-0.05, 0) is 43.7 Å². The zero-order valence-corrected chi connectivity index (χ0v) is 14.6. The van der Waals surface area contributed by atoms with E-state index in [0.29, 0.717) is 5.69 Å². The van der Waals surface area contributed by atoms with Crippen molar-refractivity contribution in [1.82, 2.24) is 20.0 Å². The van der Waals surface area contributed by atoms with Crippen molar-refractivity contribution in [3.05, 3.63) is 77.2 Å². The SMILES string of the molecule is Cc1cc(C)n(-c2ccc(COC(=O)c3n[nH]c4ccccc34)cc2)n1. The number of aryl methyl sites for hydroxylation is 2. The van der Waals surface area contributed by atoms with E-state index >= 15 is 0 Å². The van der Waals surface area contributed by atoms with Crippen molar-refractivity contribution >= 4 is 16.9 Å². The summed E-state index contributed by atoms with van der Waals surface area (Å²) in [4.78, 5) is 12.3. The molecule has 4 aromatic rings. The van der Waals surface area contributed by atoms with Crippen LogP contribution in [0.3, 0.4) is 0 Å².